The lowest BCUT2D eigenvalue weighted by Gasteiger charge is -2.09. The van der Waals surface area contributed by atoms with Crippen molar-refractivity contribution >= 4 is 33.1 Å². The van der Waals surface area contributed by atoms with Crippen LogP contribution in [-0.2, 0) is 0 Å². The highest BCUT2D eigenvalue weighted by molar-refractivity contribution is 9.10. The highest BCUT2D eigenvalue weighted by atomic mass is 79.9. The number of aromatic nitrogens is 3. The Hall–Kier alpha value is -1.01. The number of halogens is 1. The molecule has 0 atom stereocenters. The highest BCUT2D eigenvalue weighted by Gasteiger charge is 2.29. The topological polar surface area (TPSA) is 50.7 Å². The Morgan fingerprint density at radius 2 is 2.24 bits per heavy atom. The SMILES string of the molecule is CNc1nc(-c2cscn2)nc(C2CC2)c1Br. The van der Waals surface area contributed by atoms with Gasteiger partial charge in [-0.05, 0) is 28.8 Å². The first-order valence-electron chi connectivity index (χ1n) is 5.43. The summed E-state index contributed by atoms with van der Waals surface area (Å²) in [5.41, 5.74) is 3.75. The fourth-order valence-electron chi connectivity index (χ4n) is 1.69. The minimum Gasteiger partial charge on any atom is -0.372 e. The number of nitrogens with zero attached hydrogens (tertiary/aromatic N) is 3. The Bertz CT molecular complexity index is 537. The van der Waals surface area contributed by atoms with E-state index in [2.05, 4.69) is 36.2 Å². The molecule has 0 aromatic carbocycles. The van der Waals surface area contributed by atoms with Crippen molar-refractivity contribution in [2.24, 2.45) is 0 Å². The number of rotatable bonds is 3. The zero-order valence-electron chi connectivity index (χ0n) is 9.27. The molecule has 0 radical (unpaired) electrons. The summed E-state index contributed by atoms with van der Waals surface area (Å²) in [7, 11) is 1.87. The Balaban J connectivity index is 2.13. The third-order valence-corrected chi connectivity index (χ3v) is 4.11. The van der Waals surface area contributed by atoms with Gasteiger partial charge in [-0.1, -0.05) is 0 Å². The molecule has 1 N–H and O–H groups in total. The largest absolute Gasteiger partial charge is 0.372 e. The molecular formula is C11H11BrN4S. The predicted molar refractivity (Wildman–Crippen MR) is 72.4 cm³/mol. The number of anilines is 1. The van der Waals surface area contributed by atoms with Crippen molar-refractivity contribution in [1.82, 2.24) is 15.0 Å². The predicted octanol–water partition coefficient (Wildman–Crippen LogP) is 3.28. The standard InChI is InChI=1S/C11H11BrN4S/c1-13-11-8(12)9(6-2-3-6)15-10(16-11)7-4-17-5-14-7/h4-6H,2-3H2,1H3,(H,13,15,16). The van der Waals surface area contributed by atoms with E-state index in [1.165, 1.54) is 12.8 Å². The number of nitrogens with one attached hydrogen (secondary N) is 1. The zero-order valence-corrected chi connectivity index (χ0v) is 11.7. The quantitative estimate of drug-likeness (QED) is 0.945. The molecule has 3 rings (SSSR count). The molecule has 2 aromatic heterocycles. The fraction of sp³-hybridized carbons (Fsp3) is 0.364. The summed E-state index contributed by atoms with van der Waals surface area (Å²) >= 11 is 5.13. The summed E-state index contributed by atoms with van der Waals surface area (Å²) < 4.78 is 0.987. The molecule has 88 valence electrons. The van der Waals surface area contributed by atoms with Gasteiger partial charge in [0.1, 0.15) is 11.5 Å². The van der Waals surface area contributed by atoms with E-state index in [4.69, 9.17) is 0 Å². The van der Waals surface area contributed by atoms with Crippen molar-refractivity contribution in [2.45, 2.75) is 18.8 Å². The Morgan fingerprint density at radius 1 is 1.41 bits per heavy atom. The van der Waals surface area contributed by atoms with E-state index in [0.717, 1.165) is 21.7 Å². The second kappa shape index (κ2) is 4.34. The van der Waals surface area contributed by atoms with Crippen LogP contribution in [0, 0.1) is 0 Å². The van der Waals surface area contributed by atoms with Crippen LogP contribution in [0.3, 0.4) is 0 Å². The summed E-state index contributed by atoms with van der Waals surface area (Å²) in [6, 6.07) is 0. The van der Waals surface area contributed by atoms with Crippen LogP contribution in [0.4, 0.5) is 5.82 Å². The number of hydrogen-bond acceptors (Lipinski definition) is 5. The Morgan fingerprint density at radius 3 is 2.82 bits per heavy atom. The molecule has 2 aromatic rings. The van der Waals surface area contributed by atoms with Gasteiger partial charge in [-0.15, -0.1) is 11.3 Å². The first-order valence-corrected chi connectivity index (χ1v) is 7.17. The van der Waals surface area contributed by atoms with E-state index < -0.39 is 0 Å². The average Bonchev–Trinajstić information content (AvgIpc) is 3.04. The van der Waals surface area contributed by atoms with Crippen LogP contribution >= 0.6 is 27.3 Å². The van der Waals surface area contributed by atoms with Crippen LogP contribution in [0.1, 0.15) is 24.5 Å². The van der Waals surface area contributed by atoms with Gasteiger partial charge in [-0.2, -0.15) is 0 Å². The Labute approximate surface area is 112 Å². The molecule has 4 nitrogen and oxygen atoms in total. The molecule has 0 bridgehead atoms. The number of hydrogen-bond donors (Lipinski definition) is 1. The van der Waals surface area contributed by atoms with Crippen LogP contribution < -0.4 is 5.32 Å². The van der Waals surface area contributed by atoms with E-state index in [0.29, 0.717) is 11.7 Å². The van der Waals surface area contributed by atoms with E-state index in [1.54, 1.807) is 16.8 Å². The fourth-order valence-corrected chi connectivity index (χ4v) is 2.92. The minimum atomic E-state index is 0.580. The molecule has 1 fully saturated rings. The smallest absolute Gasteiger partial charge is 0.181 e. The maximum atomic E-state index is 4.63. The minimum absolute atomic E-state index is 0.580. The van der Waals surface area contributed by atoms with Crippen LogP contribution in [-0.4, -0.2) is 22.0 Å². The second-order valence-electron chi connectivity index (χ2n) is 3.99. The molecule has 1 aliphatic rings. The maximum Gasteiger partial charge on any atom is 0.181 e. The van der Waals surface area contributed by atoms with Gasteiger partial charge >= 0.3 is 0 Å². The van der Waals surface area contributed by atoms with Crippen molar-refractivity contribution in [3.63, 3.8) is 0 Å². The molecule has 0 amide bonds. The monoisotopic (exact) mass is 310 g/mol. The van der Waals surface area contributed by atoms with Gasteiger partial charge in [-0.3, -0.25) is 0 Å². The Kier molecular flexibility index (Phi) is 2.84. The van der Waals surface area contributed by atoms with Crippen LogP contribution in [0.15, 0.2) is 15.4 Å². The van der Waals surface area contributed by atoms with Gasteiger partial charge in [0.2, 0.25) is 0 Å². The molecule has 0 unspecified atom stereocenters. The highest BCUT2D eigenvalue weighted by Crippen LogP contribution is 2.44. The van der Waals surface area contributed by atoms with E-state index in [-0.39, 0.29) is 0 Å². The van der Waals surface area contributed by atoms with Crippen LogP contribution in [0.2, 0.25) is 0 Å². The summed E-state index contributed by atoms with van der Waals surface area (Å²) in [5, 5.41) is 5.07. The van der Waals surface area contributed by atoms with E-state index in [9.17, 15) is 0 Å². The second-order valence-corrected chi connectivity index (χ2v) is 5.50. The zero-order chi connectivity index (χ0) is 11.8. The number of thiazole rings is 1. The third kappa shape index (κ3) is 2.07. The first kappa shape index (κ1) is 11.1. The van der Waals surface area contributed by atoms with Gasteiger partial charge in [0.15, 0.2) is 5.82 Å². The molecule has 17 heavy (non-hydrogen) atoms. The molecule has 6 heteroatoms. The van der Waals surface area contributed by atoms with Crippen LogP contribution in [0.25, 0.3) is 11.5 Å². The maximum absolute atomic E-state index is 4.63. The van der Waals surface area contributed by atoms with E-state index >= 15 is 0 Å². The summed E-state index contributed by atoms with van der Waals surface area (Å²) in [4.78, 5) is 13.4. The lowest BCUT2D eigenvalue weighted by Crippen LogP contribution is -2.02. The van der Waals surface area contributed by atoms with Crippen molar-refractivity contribution in [1.29, 1.82) is 0 Å². The molecule has 1 saturated carbocycles. The van der Waals surface area contributed by atoms with Crippen molar-refractivity contribution in [3.05, 3.63) is 21.1 Å². The molecule has 0 saturated heterocycles. The van der Waals surface area contributed by atoms with Gasteiger partial charge in [-0.25, -0.2) is 15.0 Å². The van der Waals surface area contributed by atoms with Crippen molar-refractivity contribution < 1.29 is 0 Å². The van der Waals surface area contributed by atoms with Gasteiger partial charge < -0.3 is 5.32 Å². The molecule has 2 heterocycles. The van der Waals surface area contributed by atoms with Crippen LogP contribution in [0.5, 0.6) is 0 Å². The molecule has 0 spiro atoms. The lowest BCUT2D eigenvalue weighted by atomic mass is 10.2. The van der Waals surface area contributed by atoms with Crippen molar-refractivity contribution in [3.8, 4) is 11.5 Å². The molecule has 1 aliphatic carbocycles. The first-order chi connectivity index (χ1) is 8.29. The van der Waals surface area contributed by atoms with Gasteiger partial charge in [0.05, 0.1) is 15.7 Å². The third-order valence-electron chi connectivity index (χ3n) is 2.74. The summed E-state index contributed by atoms with van der Waals surface area (Å²) in [6.45, 7) is 0. The van der Waals surface area contributed by atoms with Gasteiger partial charge in [0, 0.05) is 18.3 Å². The molecule has 0 aliphatic heterocycles. The summed E-state index contributed by atoms with van der Waals surface area (Å²) in [6.07, 6.45) is 2.44. The van der Waals surface area contributed by atoms with E-state index in [1.807, 2.05) is 12.4 Å². The van der Waals surface area contributed by atoms with Gasteiger partial charge in [0.25, 0.3) is 0 Å². The molecular weight excluding hydrogens is 300 g/mol. The van der Waals surface area contributed by atoms with Crippen molar-refractivity contribution in [2.75, 3.05) is 12.4 Å². The normalized spacial score (nSPS) is 14.9. The summed E-state index contributed by atoms with van der Waals surface area (Å²) in [5.74, 6) is 2.13. The average molecular weight is 311 g/mol. The lowest BCUT2D eigenvalue weighted by molar-refractivity contribution is 0.976.